The van der Waals surface area contributed by atoms with E-state index in [2.05, 4.69) is 37.0 Å². The number of carbonyl (C=O) groups is 1. The molecule has 1 aliphatic carbocycles. The van der Waals surface area contributed by atoms with Gasteiger partial charge in [0.05, 0.1) is 12.2 Å². The van der Waals surface area contributed by atoms with Crippen LogP contribution in [0.4, 0.5) is 0 Å². The zero-order valence-electron chi connectivity index (χ0n) is 16.8. The first-order valence-electron chi connectivity index (χ1n) is 9.76. The number of carboxylic acid groups (broad SMARTS) is 1. The van der Waals surface area contributed by atoms with E-state index in [1.54, 1.807) is 12.1 Å². The van der Waals surface area contributed by atoms with E-state index in [-0.39, 0.29) is 11.0 Å². The van der Waals surface area contributed by atoms with E-state index in [4.69, 9.17) is 14.4 Å². The van der Waals surface area contributed by atoms with E-state index in [9.17, 15) is 4.79 Å². The summed E-state index contributed by atoms with van der Waals surface area (Å²) in [4.78, 5) is 15.5. The molecule has 1 aliphatic rings. The highest BCUT2D eigenvalue weighted by molar-refractivity contribution is 5.88. The SMILES string of the molecule is CC(C)(C)c1cc(-c2noc(-c3ccc(C(=O)O)cc3)n2)ccc1OCC1CC1. The van der Waals surface area contributed by atoms with Gasteiger partial charge in [-0.1, -0.05) is 25.9 Å². The highest BCUT2D eigenvalue weighted by atomic mass is 16.5. The first-order valence-corrected chi connectivity index (χ1v) is 9.76. The maximum absolute atomic E-state index is 11.0. The molecule has 0 saturated heterocycles. The minimum atomic E-state index is -0.971. The molecule has 6 heteroatoms. The molecule has 29 heavy (non-hydrogen) atoms. The lowest BCUT2D eigenvalue weighted by Crippen LogP contribution is -2.14. The number of nitrogens with zero attached hydrogens (tertiary/aromatic N) is 2. The summed E-state index contributed by atoms with van der Waals surface area (Å²) in [7, 11) is 0. The van der Waals surface area contributed by atoms with Crippen LogP contribution in [-0.2, 0) is 5.41 Å². The van der Waals surface area contributed by atoms with Crippen molar-refractivity contribution in [2.45, 2.75) is 39.0 Å². The van der Waals surface area contributed by atoms with Crippen LogP contribution in [0, 0.1) is 5.92 Å². The number of benzene rings is 2. The lowest BCUT2D eigenvalue weighted by Gasteiger charge is -2.23. The molecule has 1 aromatic heterocycles. The van der Waals surface area contributed by atoms with Gasteiger partial charge in [0.1, 0.15) is 5.75 Å². The number of hydrogen-bond acceptors (Lipinski definition) is 5. The van der Waals surface area contributed by atoms with E-state index in [1.807, 2.05) is 12.1 Å². The van der Waals surface area contributed by atoms with E-state index in [0.29, 0.717) is 23.2 Å². The second-order valence-electron chi connectivity index (χ2n) is 8.52. The number of hydrogen-bond donors (Lipinski definition) is 1. The fourth-order valence-corrected chi connectivity index (χ4v) is 3.09. The van der Waals surface area contributed by atoms with Crippen LogP contribution in [0.2, 0.25) is 0 Å². The third kappa shape index (κ3) is 4.31. The Hall–Kier alpha value is -3.15. The normalized spacial score (nSPS) is 14.0. The van der Waals surface area contributed by atoms with Gasteiger partial charge in [-0.25, -0.2) is 4.79 Å². The number of carboxylic acids is 1. The lowest BCUT2D eigenvalue weighted by atomic mass is 9.85. The third-order valence-electron chi connectivity index (χ3n) is 5.02. The van der Waals surface area contributed by atoms with Crippen LogP contribution < -0.4 is 4.74 Å². The molecule has 0 aliphatic heterocycles. The van der Waals surface area contributed by atoms with Crippen molar-refractivity contribution < 1.29 is 19.2 Å². The Kier molecular flexibility index (Phi) is 4.86. The molecule has 3 aromatic rings. The highest BCUT2D eigenvalue weighted by Crippen LogP contribution is 2.37. The fraction of sp³-hybridized carbons (Fsp3) is 0.348. The van der Waals surface area contributed by atoms with Crippen molar-refractivity contribution in [3.05, 3.63) is 53.6 Å². The van der Waals surface area contributed by atoms with E-state index < -0.39 is 5.97 Å². The molecule has 0 radical (unpaired) electrons. The van der Waals surface area contributed by atoms with Crippen molar-refractivity contribution in [3.8, 4) is 28.6 Å². The summed E-state index contributed by atoms with van der Waals surface area (Å²) in [6.07, 6.45) is 2.50. The Morgan fingerprint density at radius 3 is 2.45 bits per heavy atom. The quantitative estimate of drug-likeness (QED) is 0.621. The average Bonchev–Trinajstić information content (AvgIpc) is 3.39. The average molecular weight is 392 g/mol. The second-order valence-corrected chi connectivity index (χ2v) is 8.52. The Labute approximate surface area is 169 Å². The first kappa shape index (κ1) is 19.2. The van der Waals surface area contributed by atoms with Gasteiger partial charge in [0.25, 0.3) is 5.89 Å². The minimum absolute atomic E-state index is 0.0892. The van der Waals surface area contributed by atoms with Crippen molar-refractivity contribution in [2.24, 2.45) is 5.92 Å². The Bertz CT molecular complexity index is 1030. The molecule has 0 bridgehead atoms. The Morgan fingerprint density at radius 2 is 1.83 bits per heavy atom. The lowest BCUT2D eigenvalue weighted by molar-refractivity contribution is 0.0697. The van der Waals surface area contributed by atoms with Crippen LogP contribution in [0.3, 0.4) is 0 Å². The molecule has 0 atom stereocenters. The van der Waals surface area contributed by atoms with Crippen LogP contribution >= 0.6 is 0 Å². The van der Waals surface area contributed by atoms with Crippen molar-refractivity contribution in [2.75, 3.05) is 6.61 Å². The van der Waals surface area contributed by atoms with Crippen molar-refractivity contribution in [1.29, 1.82) is 0 Å². The van der Waals surface area contributed by atoms with Gasteiger partial charge in [0.2, 0.25) is 5.82 Å². The molecule has 0 amide bonds. The molecule has 1 fully saturated rings. The van der Waals surface area contributed by atoms with E-state index >= 15 is 0 Å². The van der Waals surface area contributed by atoms with E-state index in [0.717, 1.165) is 23.5 Å². The molecule has 0 unspecified atom stereocenters. The summed E-state index contributed by atoms with van der Waals surface area (Å²) in [5.74, 6) is 1.46. The fourth-order valence-electron chi connectivity index (χ4n) is 3.09. The molecule has 1 N–H and O–H groups in total. The molecule has 1 heterocycles. The molecule has 6 nitrogen and oxygen atoms in total. The van der Waals surface area contributed by atoms with Crippen LogP contribution in [0.5, 0.6) is 5.75 Å². The predicted octanol–water partition coefficient (Wildman–Crippen LogP) is 5.19. The van der Waals surface area contributed by atoms with Gasteiger partial charge in [-0.3, -0.25) is 0 Å². The third-order valence-corrected chi connectivity index (χ3v) is 5.02. The van der Waals surface area contributed by atoms with Gasteiger partial charge in [-0.05, 0) is 66.6 Å². The molecule has 4 rings (SSSR count). The zero-order chi connectivity index (χ0) is 20.6. The van der Waals surface area contributed by atoms with Crippen LogP contribution in [0.1, 0.15) is 49.5 Å². The maximum atomic E-state index is 11.0. The molecular weight excluding hydrogens is 368 g/mol. The van der Waals surface area contributed by atoms with Crippen molar-refractivity contribution in [1.82, 2.24) is 10.1 Å². The van der Waals surface area contributed by atoms with Gasteiger partial charge in [-0.2, -0.15) is 4.98 Å². The summed E-state index contributed by atoms with van der Waals surface area (Å²) in [6.45, 7) is 7.23. The predicted molar refractivity (Wildman–Crippen MR) is 109 cm³/mol. The molecule has 1 saturated carbocycles. The zero-order valence-corrected chi connectivity index (χ0v) is 16.8. The van der Waals surface area contributed by atoms with Gasteiger partial charge >= 0.3 is 5.97 Å². The number of ether oxygens (including phenoxy) is 1. The van der Waals surface area contributed by atoms with Gasteiger partial charge in [-0.15, -0.1) is 0 Å². The van der Waals surface area contributed by atoms with Crippen molar-refractivity contribution >= 4 is 5.97 Å². The molecule has 0 spiro atoms. The summed E-state index contributed by atoms with van der Waals surface area (Å²) < 4.78 is 11.5. The molecule has 150 valence electrons. The van der Waals surface area contributed by atoms with Gasteiger partial charge in [0.15, 0.2) is 0 Å². The summed E-state index contributed by atoms with van der Waals surface area (Å²) in [5.41, 5.74) is 2.76. The van der Waals surface area contributed by atoms with Crippen LogP contribution in [0.25, 0.3) is 22.8 Å². The van der Waals surface area contributed by atoms with E-state index in [1.165, 1.54) is 25.0 Å². The molecular formula is C23H24N2O4. The highest BCUT2D eigenvalue weighted by Gasteiger charge is 2.25. The maximum Gasteiger partial charge on any atom is 0.335 e. The van der Waals surface area contributed by atoms with Crippen molar-refractivity contribution in [3.63, 3.8) is 0 Å². The minimum Gasteiger partial charge on any atom is -0.493 e. The number of aromatic carboxylic acids is 1. The van der Waals surface area contributed by atoms with Crippen LogP contribution in [0.15, 0.2) is 47.0 Å². The van der Waals surface area contributed by atoms with Gasteiger partial charge in [0, 0.05) is 16.7 Å². The Balaban J connectivity index is 1.61. The van der Waals surface area contributed by atoms with Gasteiger partial charge < -0.3 is 14.4 Å². The first-order chi connectivity index (χ1) is 13.8. The summed E-state index contributed by atoms with van der Waals surface area (Å²) in [6, 6.07) is 12.3. The summed E-state index contributed by atoms with van der Waals surface area (Å²) in [5, 5.41) is 13.1. The topological polar surface area (TPSA) is 85.5 Å². The number of aromatic nitrogens is 2. The standard InChI is InChI=1S/C23H24N2O4/c1-23(2,3)18-12-17(10-11-19(18)28-13-14-4-5-14)20-24-21(29-25-20)15-6-8-16(9-7-15)22(26)27/h6-12,14H,4-5,13H2,1-3H3,(H,26,27). The monoisotopic (exact) mass is 392 g/mol. The number of rotatable bonds is 6. The summed E-state index contributed by atoms with van der Waals surface area (Å²) >= 11 is 0. The smallest absolute Gasteiger partial charge is 0.335 e. The second kappa shape index (κ2) is 7.35. The van der Waals surface area contributed by atoms with Crippen LogP contribution in [-0.4, -0.2) is 27.8 Å². The largest absolute Gasteiger partial charge is 0.493 e. The molecule has 2 aromatic carbocycles. The Morgan fingerprint density at radius 1 is 1.14 bits per heavy atom.